The number of carbonyl (C=O) groups is 1. The molecule has 2 aliphatic rings. The summed E-state index contributed by atoms with van der Waals surface area (Å²) in [6, 6.07) is 0.474. The number of ether oxygens (including phenoxy) is 1. The molecule has 2 rings (SSSR count). The zero-order valence-corrected chi connectivity index (χ0v) is 9.00. The van der Waals surface area contributed by atoms with Crippen LogP contribution in [0.5, 0.6) is 0 Å². The lowest BCUT2D eigenvalue weighted by atomic mass is 10.1. The van der Waals surface area contributed by atoms with E-state index in [1.165, 1.54) is 0 Å². The van der Waals surface area contributed by atoms with Crippen LogP contribution in [0.4, 0.5) is 0 Å². The molecule has 4 heteroatoms. The lowest BCUT2D eigenvalue weighted by molar-refractivity contribution is -0.129. The second-order valence-electron chi connectivity index (χ2n) is 4.14. The molecule has 3 nitrogen and oxygen atoms in total. The van der Waals surface area contributed by atoms with Gasteiger partial charge in [-0.1, -0.05) is 0 Å². The molecule has 1 amide bonds. The molecule has 0 aromatic heterocycles. The summed E-state index contributed by atoms with van der Waals surface area (Å²) in [4.78, 5) is 13.5. The van der Waals surface area contributed by atoms with Crippen molar-refractivity contribution >= 4 is 17.5 Å². The number of rotatable bonds is 4. The van der Waals surface area contributed by atoms with Gasteiger partial charge in [0.15, 0.2) is 0 Å². The quantitative estimate of drug-likeness (QED) is 0.664. The van der Waals surface area contributed by atoms with Gasteiger partial charge in [0.05, 0.1) is 6.61 Å². The van der Waals surface area contributed by atoms with E-state index in [-0.39, 0.29) is 11.8 Å². The summed E-state index contributed by atoms with van der Waals surface area (Å²) in [5, 5.41) is 0. The van der Waals surface area contributed by atoms with Crippen molar-refractivity contribution in [1.82, 2.24) is 4.90 Å². The first-order valence-electron chi connectivity index (χ1n) is 5.24. The van der Waals surface area contributed by atoms with Crippen LogP contribution >= 0.6 is 11.6 Å². The van der Waals surface area contributed by atoms with Crippen LogP contribution in [0.15, 0.2) is 0 Å². The third-order valence-electron chi connectivity index (χ3n) is 2.90. The van der Waals surface area contributed by atoms with E-state index < -0.39 is 0 Å². The Morgan fingerprint density at radius 1 is 1.43 bits per heavy atom. The molecular formula is C10H16ClNO2. The van der Waals surface area contributed by atoms with Gasteiger partial charge in [0.2, 0.25) is 5.91 Å². The van der Waals surface area contributed by atoms with Crippen LogP contribution in [0.2, 0.25) is 0 Å². The fourth-order valence-electron chi connectivity index (χ4n) is 1.92. The zero-order chi connectivity index (χ0) is 9.97. The Bertz CT molecular complexity index is 212. The molecule has 1 aliphatic carbocycles. The first kappa shape index (κ1) is 10.2. The zero-order valence-electron chi connectivity index (χ0n) is 8.25. The average Bonchev–Trinajstić information content (AvgIpc) is 2.92. The molecule has 1 heterocycles. The molecule has 1 aliphatic heterocycles. The average molecular weight is 218 g/mol. The number of amides is 1. The van der Waals surface area contributed by atoms with Crippen molar-refractivity contribution in [3.63, 3.8) is 0 Å². The maximum Gasteiger partial charge on any atom is 0.237 e. The molecular weight excluding hydrogens is 202 g/mol. The lowest BCUT2D eigenvalue weighted by Gasteiger charge is -2.24. The summed E-state index contributed by atoms with van der Waals surface area (Å²) >= 11 is 5.58. The predicted octanol–water partition coefficient (Wildman–Crippen LogP) is 1.25. The minimum atomic E-state index is 0.0843. The van der Waals surface area contributed by atoms with Gasteiger partial charge >= 0.3 is 0 Å². The highest BCUT2D eigenvalue weighted by Crippen LogP contribution is 2.29. The molecule has 0 bridgehead atoms. The van der Waals surface area contributed by atoms with Gasteiger partial charge < -0.3 is 9.64 Å². The number of alkyl halides is 1. The summed E-state index contributed by atoms with van der Waals surface area (Å²) in [7, 11) is 0. The summed E-state index contributed by atoms with van der Waals surface area (Å²) in [5.41, 5.74) is 0. The second kappa shape index (κ2) is 4.49. The van der Waals surface area contributed by atoms with Crippen molar-refractivity contribution in [1.29, 1.82) is 0 Å². The molecule has 1 saturated heterocycles. The van der Waals surface area contributed by atoms with Gasteiger partial charge in [-0.05, 0) is 19.3 Å². The smallest absolute Gasteiger partial charge is 0.237 e. The van der Waals surface area contributed by atoms with E-state index in [4.69, 9.17) is 16.3 Å². The van der Waals surface area contributed by atoms with E-state index in [9.17, 15) is 4.79 Å². The summed E-state index contributed by atoms with van der Waals surface area (Å²) < 4.78 is 5.30. The number of halogens is 1. The van der Waals surface area contributed by atoms with Crippen LogP contribution in [0.1, 0.15) is 19.3 Å². The van der Waals surface area contributed by atoms with E-state index in [0.717, 1.165) is 39.0 Å². The van der Waals surface area contributed by atoms with Crippen molar-refractivity contribution in [3.8, 4) is 0 Å². The van der Waals surface area contributed by atoms with Crippen LogP contribution in [0.25, 0.3) is 0 Å². The van der Waals surface area contributed by atoms with Crippen LogP contribution in [0, 0.1) is 5.92 Å². The van der Waals surface area contributed by atoms with Crippen molar-refractivity contribution in [2.24, 2.45) is 5.92 Å². The van der Waals surface area contributed by atoms with Gasteiger partial charge in [0, 0.05) is 25.1 Å². The van der Waals surface area contributed by atoms with Crippen LogP contribution in [-0.4, -0.2) is 42.5 Å². The minimum absolute atomic E-state index is 0.0843. The largest absolute Gasteiger partial charge is 0.381 e. The van der Waals surface area contributed by atoms with E-state index in [1.807, 2.05) is 4.90 Å². The second-order valence-corrected chi connectivity index (χ2v) is 4.41. The molecule has 80 valence electrons. The molecule has 0 aromatic carbocycles. The molecule has 1 saturated carbocycles. The normalized spacial score (nSPS) is 26.5. The molecule has 0 radical (unpaired) electrons. The van der Waals surface area contributed by atoms with Crippen LogP contribution in [-0.2, 0) is 9.53 Å². The highest BCUT2D eigenvalue weighted by Gasteiger charge is 2.34. The molecule has 1 atom stereocenters. The Morgan fingerprint density at radius 2 is 2.21 bits per heavy atom. The SMILES string of the molecule is O=C(CCl)N(CC1CCOC1)C1CC1. The van der Waals surface area contributed by atoms with Gasteiger partial charge in [-0.25, -0.2) is 0 Å². The topological polar surface area (TPSA) is 29.5 Å². The van der Waals surface area contributed by atoms with E-state index in [1.54, 1.807) is 0 Å². The van der Waals surface area contributed by atoms with E-state index in [2.05, 4.69) is 0 Å². The molecule has 1 unspecified atom stereocenters. The summed E-state index contributed by atoms with van der Waals surface area (Å²) in [6.07, 6.45) is 3.38. The maximum atomic E-state index is 11.5. The number of carbonyl (C=O) groups excluding carboxylic acids is 1. The fraction of sp³-hybridized carbons (Fsp3) is 0.900. The summed E-state index contributed by atoms with van der Waals surface area (Å²) in [5.74, 6) is 0.730. The third-order valence-corrected chi connectivity index (χ3v) is 3.13. The first-order chi connectivity index (χ1) is 6.81. The van der Waals surface area contributed by atoms with Crippen molar-refractivity contribution < 1.29 is 9.53 Å². The molecule has 14 heavy (non-hydrogen) atoms. The van der Waals surface area contributed by atoms with Gasteiger partial charge in [-0.3, -0.25) is 4.79 Å². The number of nitrogens with zero attached hydrogens (tertiary/aromatic N) is 1. The van der Waals surface area contributed by atoms with Gasteiger partial charge in [0.25, 0.3) is 0 Å². The molecule has 0 aromatic rings. The number of hydrogen-bond acceptors (Lipinski definition) is 2. The van der Waals surface area contributed by atoms with E-state index >= 15 is 0 Å². The standard InChI is InChI=1S/C10H16ClNO2/c11-5-10(13)12(9-1-2-9)6-8-3-4-14-7-8/h8-9H,1-7H2. The minimum Gasteiger partial charge on any atom is -0.381 e. The predicted molar refractivity (Wildman–Crippen MR) is 54.4 cm³/mol. The Morgan fingerprint density at radius 3 is 2.71 bits per heavy atom. The Kier molecular flexibility index (Phi) is 3.29. The maximum absolute atomic E-state index is 11.5. The third kappa shape index (κ3) is 2.39. The van der Waals surface area contributed by atoms with Gasteiger partial charge in [-0.2, -0.15) is 0 Å². The first-order valence-corrected chi connectivity index (χ1v) is 5.78. The number of hydrogen-bond donors (Lipinski definition) is 0. The van der Waals surface area contributed by atoms with Crippen LogP contribution in [0.3, 0.4) is 0 Å². The Balaban J connectivity index is 1.86. The molecule has 2 fully saturated rings. The van der Waals surface area contributed by atoms with Crippen LogP contribution < -0.4 is 0 Å². The van der Waals surface area contributed by atoms with Crippen molar-refractivity contribution in [3.05, 3.63) is 0 Å². The van der Waals surface area contributed by atoms with E-state index in [0.29, 0.717) is 12.0 Å². The Hall–Kier alpha value is -0.280. The van der Waals surface area contributed by atoms with Gasteiger partial charge in [0.1, 0.15) is 5.88 Å². The lowest BCUT2D eigenvalue weighted by Crippen LogP contribution is -2.38. The highest BCUT2D eigenvalue weighted by atomic mass is 35.5. The molecule has 0 spiro atoms. The monoisotopic (exact) mass is 217 g/mol. The Labute approximate surface area is 89.4 Å². The summed E-state index contributed by atoms with van der Waals surface area (Å²) in [6.45, 7) is 2.49. The fourth-order valence-corrected chi connectivity index (χ4v) is 2.08. The molecule has 0 N–H and O–H groups in total. The van der Waals surface area contributed by atoms with Gasteiger partial charge in [-0.15, -0.1) is 11.6 Å². The van der Waals surface area contributed by atoms with Crippen molar-refractivity contribution in [2.45, 2.75) is 25.3 Å². The van der Waals surface area contributed by atoms with Crippen molar-refractivity contribution in [2.75, 3.05) is 25.6 Å². The highest BCUT2D eigenvalue weighted by molar-refractivity contribution is 6.27.